The van der Waals surface area contributed by atoms with Crippen LogP contribution >= 0.6 is 15.9 Å². The van der Waals surface area contributed by atoms with Crippen LogP contribution in [0.15, 0.2) is 108 Å². The molecular weight excluding hydrogens is 484 g/mol. The van der Waals surface area contributed by atoms with Gasteiger partial charge in [0, 0.05) is 10.8 Å². The van der Waals surface area contributed by atoms with Crippen molar-refractivity contribution in [3.05, 3.63) is 108 Å². The molecule has 0 unspecified atom stereocenters. The molecule has 0 aliphatic heterocycles. The van der Waals surface area contributed by atoms with E-state index in [1.54, 1.807) is 14.2 Å². The quantitative estimate of drug-likeness (QED) is 0.216. The van der Waals surface area contributed by atoms with E-state index in [4.69, 9.17) is 9.47 Å². The van der Waals surface area contributed by atoms with E-state index in [1.807, 2.05) is 18.2 Å². The topological polar surface area (TPSA) is 18.5 Å². The van der Waals surface area contributed by atoms with Crippen LogP contribution in [0.2, 0.25) is 0 Å². The molecule has 0 aromatic heterocycles. The number of hydrogen-bond acceptors (Lipinski definition) is 2. The first-order valence-corrected chi connectivity index (χ1v) is 11.6. The second-order valence-electron chi connectivity index (χ2n) is 7.81. The standard InChI is InChI=1S/C15H11BrO.C15H12O.CH4/c1-17-15-13(16)9-8-11-7-6-10-4-2-3-5-12(10)14(11)15;1-16-14-8-4-6-12-10-9-11-5-2-3-7-13(11)15(12)14;/h2-9H,1H3;2-10H,1H3;1H4. The Morgan fingerprint density at radius 2 is 1.00 bits per heavy atom. The van der Waals surface area contributed by atoms with Crippen LogP contribution in [0, 0.1) is 0 Å². The average Bonchev–Trinajstić information content (AvgIpc) is 2.88. The van der Waals surface area contributed by atoms with Gasteiger partial charge >= 0.3 is 0 Å². The van der Waals surface area contributed by atoms with Crippen molar-refractivity contribution >= 4 is 59.0 Å². The summed E-state index contributed by atoms with van der Waals surface area (Å²) in [4.78, 5) is 0. The van der Waals surface area contributed by atoms with E-state index < -0.39 is 0 Å². The van der Waals surface area contributed by atoms with Crippen molar-refractivity contribution in [2.45, 2.75) is 7.43 Å². The SMILES string of the molecule is C.COc1c(Br)ccc2ccc3ccccc3c12.COc1cccc2ccc3ccccc3c12. The first kappa shape index (κ1) is 23.6. The maximum Gasteiger partial charge on any atom is 0.141 e. The lowest BCUT2D eigenvalue weighted by atomic mass is 10.0. The number of hydrogen-bond donors (Lipinski definition) is 0. The lowest BCUT2D eigenvalue weighted by molar-refractivity contribution is 0.417. The first-order chi connectivity index (χ1) is 16.2. The van der Waals surface area contributed by atoms with E-state index in [0.29, 0.717) is 0 Å². The number of ether oxygens (including phenoxy) is 2. The summed E-state index contributed by atoms with van der Waals surface area (Å²) in [7, 11) is 3.43. The predicted octanol–water partition coefficient (Wildman–Crippen LogP) is 9.40. The molecule has 2 nitrogen and oxygen atoms in total. The molecule has 0 saturated heterocycles. The fourth-order valence-electron chi connectivity index (χ4n) is 4.43. The minimum Gasteiger partial charge on any atom is -0.496 e. The zero-order chi connectivity index (χ0) is 22.8. The molecule has 0 bridgehead atoms. The number of rotatable bonds is 2. The Kier molecular flexibility index (Phi) is 7.04. The van der Waals surface area contributed by atoms with Crippen molar-refractivity contribution in [3.63, 3.8) is 0 Å². The van der Waals surface area contributed by atoms with E-state index in [9.17, 15) is 0 Å². The van der Waals surface area contributed by atoms with Gasteiger partial charge in [0.1, 0.15) is 11.5 Å². The van der Waals surface area contributed by atoms with Gasteiger partial charge in [0.2, 0.25) is 0 Å². The summed E-state index contributed by atoms with van der Waals surface area (Å²) in [6.45, 7) is 0. The lowest BCUT2D eigenvalue weighted by Crippen LogP contribution is -1.87. The molecule has 0 saturated carbocycles. The van der Waals surface area contributed by atoms with Crippen LogP contribution in [0.5, 0.6) is 11.5 Å². The summed E-state index contributed by atoms with van der Waals surface area (Å²) in [5.74, 6) is 1.84. The molecule has 6 aromatic rings. The fraction of sp³-hybridized carbons (Fsp3) is 0.0968. The monoisotopic (exact) mass is 510 g/mol. The van der Waals surface area contributed by atoms with Crippen LogP contribution in [-0.4, -0.2) is 14.2 Å². The summed E-state index contributed by atoms with van der Waals surface area (Å²) in [6.07, 6.45) is 0. The Balaban J connectivity index is 0.000000157. The van der Waals surface area contributed by atoms with Crippen LogP contribution in [0.1, 0.15) is 7.43 Å². The number of fused-ring (bicyclic) bond motifs is 6. The van der Waals surface area contributed by atoms with Gasteiger partial charge in [-0.05, 0) is 60.4 Å². The van der Waals surface area contributed by atoms with Gasteiger partial charge < -0.3 is 9.47 Å². The Morgan fingerprint density at radius 3 is 1.62 bits per heavy atom. The summed E-state index contributed by atoms with van der Waals surface area (Å²) in [5.41, 5.74) is 0. The molecule has 0 heterocycles. The summed E-state index contributed by atoms with van der Waals surface area (Å²) in [5, 5.41) is 9.74. The molecule has 170 valence electrons. The van der Waals surface area contributed by atoms with Crippen LogP contribution < -0.4 is 9.47 Å². The molecule has 6 rings (SSSR count). The predicted molar refractivity (Wildman–Crippen MR) is 150 cm³/mol. The van der Waals surface area contributed by atoms with Crippen molar-refractivity contribution in [2.75, 3.05) is 14.2 Å². The van der Waals surface area contributed by atoms with Crippen LogP contribution in [0.4, 0.5) is 0 Å². The largest absolute Gasteiger partial charge is 0.496 e. The van der Waals surface area contributed by atoms with E-state index in [2.05, 4.69) is 101 Å². The average molecular weight is 511 g/mol. The molecule has 0 aliphatic carbocycles. The minimum absolute atomic E-state index is 0. The molecule has 0 fully saturated rings. The third kappa shape index (κ3) is 4.20. The smallest absolute Gasteiger partial charge is 0.141 e. The molecule has 34 heavy (non-hydrogen) atoms. The second kappa shape index (κ2) is 10.1. The zero-order valence-electron chi connectivity index (χ0n) is 18.5. The Hall–Kier alpha value is -3.56. The van der Waals surface area contributed by atoms with Crippen molar-refractivity contribution in [2.24, 2.45) is 0 Å². The molecule has 3 heteroatoms. The lowest BCUT2D eigenvalue weighted by Gasteiger charge is -2.10. The molecule has 0 N–H and O–H groups in total. The molecule has 0 aliphatic rings. The Morgan fingerprint density at radius 1 is 0.500 bits per heavy atom. The number of halogens is 1. The van der Waals surface area contributed by atoms with E-state index >= 15 is 0 Å². The van der Waals surface area contributed by atoms with Gasteiger partial charge in [-0.1, -0.05) is 98.4 Å². The maximum absolute atomic E-state index is 5.52. The molecule has 0 spiro atoms. The van der Waals surface area contributed by atoms with Gasteiger partial charge in [-0.25, -0.2) is 0 Å². The molecule has 6 aromatic carbocycles. The molecular formula is C31H27BrO2. The maximum atomic E-state index is 5.52. The minimum atomic E-state index is 0. The third-order valence-corrected chi connectivity index (χ3v) is 6.59. The first-order valence-electron chi connectivity index (χ1n) is 10.8. The van der Waals surface area contributed by atoms with E-state index in [0.717, 1.165) is 16.0 Å². The highest BCUT2D eigenvalue weighted by molar-refractivity contribution is 9.10. The van der Waals surface area contributed by atoms with Crippen LogP contribution in [0.3, 0.4) is 0 Å². The van der Waals surface area contributed by atoms with Gasteiger partial charge in [-0.2, -0.15) is 0 Å². The normalized spacial score (nSPS) is 10.6. The fourth-order valence-corrected chi connectivity index (χ4v) is 4.93. The summed E-state index contributed by atoms with van der Waals surface area (Å²) < 4.78 is 11.9. The number of methoxy groups -OCH3 is 2. The van der Waals surface area contributed by atoms with Crippen molar-refractivity contribution in [1.29, 1.82) is 0 Å². The summed E-state index contributed by atoms with van der Waals surface area (Å²) in [6, 6.07) is 35.6. The van der Waals surface area contributed by atoms with Crippen molar-refractivity contribution in [3.8, 4) is 11.5 Å². The van der Waals surface area contributed by atoms with Gasteiger partial charge in [0.05, 0.1) is 18.7 Å². The highest BCUT2D eigenvalue weighted by atomic mass is 79.9. The molecule has 0 atom stereocenters. The highest BCUT2D eigenvalue weighted by Crippen LogP contribution is 2.38. The van der Waals surface area contributed by atoms with Gasteiger partial charge in [-0.15, -0.1) is 0 Å². The Labute approximate surface area is 208 Å². The summed E-state index contributed by atoms with van der Waals surface area (Å²) >= 11 is 3.54. The van der Waals surface area contributed by atoms with Crippen molar-refractivity contribution in [1.82, 2.24) is 0 Å². The van der Waals surface area contributed by atoms with Crippen LogP contribution in [0.25, 0.3) is 43.1 Å². The van der Waals surface area contributed by atoms with Crippen LogP contribution in [-0.2, 0) is 0 Å². The Bertz CT molecular complexity index is 1600. The van der Waals surface area contributed by atoms with E-state index in [1.165, 1.54) is 43.1 Å². The second-order valence-corrected chi connectivity index (χ2v) is 8.66. The van der Waals surface area contributed by atoms with E-state index in [-0.39, 0.29) is 7.43 Å². The molecule has 0 radical (unpaired) electrons. The van der Waals surface area contributed by atoms with Gasteiger partial charge in [0.15, 0.2) is 0 Å². The zero-order valence-corrected chi connectivity index (χ0v) is 20.1. The van der Waals surface area contributed by atoms with Gasteiger partial charge in [0.25, 0.3) is 0 Å². The molecule has 0 amide bonds. The van der Waals surface area contributed by atoms with Crippen molar-refractivity contribution < 1.29 is 9.47 Å². The third-order valence-electron chi connectivity index (χ3n) is 5.97. The number of benzene rings is 6. The highest BCUT2D eigenvalue weighted by Gasteiger charge is 2.09. The van der Waals surface area contributed by atoms with Gasteiger partial charge in [-0.3, -0.25) is 0 Å².